The van der Waals surface area contributed by atoms with E-state index in [9.17, 15) is 9.59 Å². The zero-order valence-corrected chi connectivity index (χ0v) is 5.72. The summed E-state index contributed by atoms with van der Waals surface area (Å²) in [4.78, 5) is 20.4. The van der Waals surface area contributed by atoms with Crippen LogP contribution in [0.1, 0.15) is 6.42 Å². The van der Waals surface area contributed by atoms with Crippen LogP contribution in [0.3, 0.4) is 0 Å². The van der Waals surface area contributed by atoms with Crippen molar-refractivity contribution in [1.82, 2.24) is 5.32 Å². The van der Waals surface area contributed by atoms with Crippen molar-refractivity contribution in [3.63, 3.8) is 0 Å². The number of hydrogen-bond acceptors (Lipinski definition) is 3. The summed E-state index contributed by atoms with van der Waals surface area (Å²) in [6, 6.07) is 0. The SMILES string of the molecule is [B]C(=O)CCNC(=O)OC. The molecule has 0 saturated heterocycles. The molecule has 0 aromatic rings. The first-order chi connectivity index (χ1) is 4.66. The van der Waals surface area contributed by atoms with E-state index >= 15 is 0 Å². The third-order valence-corrected chi connectivity index (χ3v) is 0.826. The van der Waals surface area contributed by atoms with Crippen LogP contribution in [0.25, 0.3) is 0 Å². The molecule has 0 aromatic carbocycles. The first-order valence-corrected chi connectivity index (χ1v) is 2.77. The Morgan fingerprint density at radius 2 is 2.20 bits per heavy atom. The number of nitrogens with one attached hydrogen (secondary N) is 1. The molecule has 0 aliphatic rings. The van der Waals surface area contributed by atoms with Crippen LogP contribution in [0, 0.1) is 0 Å². The lowest BCUT2D eigenvalue weighted by Gasteiger charge is -1.99. The summed E-state index contributed by atoms with van der Waals surface area (Å²) >= 11 is 0. The Morgan fingerprint density at radius 1 is 1.60 bits per heavy atom. The summed E-state index contributed by atoms with van der Waals surface area (Å²) in [7, 11) is 6.04. The second-order valence-corrected chi connectivity index (χ2v) is 1.63. The van der Waals surface area contributed by atoms with Crippen LogP contribution in [0.2, 0.25) is 0 Å². The van der Waals surface area contributed by atoms with Gasteiger partial charge in [-0.2, -0.15) is 0 Å². The van der Waals surface area contributed by atoms with Crippen molar-refractivity contribution < 1.29 is 14.3 Å². The minimum Gasteiger partial charge on any atom is -0.453 e. The maximum absolute atomic E-state index is 10.3. The molecule has 0 fully saturated rings. The highest BCUT2D eigenvalue weighted by molar-refractivity contribution is 6.57. The van der Waals surface area contributed by atoms with Gasteiger partial charge in [-0.05, 0) is 0 Å². The number of hydrogen-bond donors (Lipinski definition) is 1. The summed E-state index contributed by atoms with van der Waals surface area (Å²) in [6.07, 6.45) is -0.420. The fourth-order valence-corrected chi connectivity index (χ4v) is 0.360. The van der Waals surface area contributed by atoms with Gasteiger partial charge in [-0.15, -0.1) is 0 Å². The van der Waals surface area contributed by atoms with Gasteiger partial charge in [0.2, 0.25) is 0 Å². The van der Waals surface area contributed by atoms with Crippen molar-refractivity contribution in [1.29, 1.82) is 0 Å². The van der Waals surface area contributed by atoms with Gasteiger partial charge in [0.15, 0.2) is 7.85 Å². The third-order valence-electron chi connectivity index (χ3n) is 0.826. The van der Waals surface area contributed by atoms with Crippen molar-refractivity contribution in [3.8, 4) is 0 Å². The first kappa shape index (κ1) is 9.00. The third kappa shape index (κ3) is 5.15. The molecule has 0 atom stereocenters. The number of carbonyl (C=O) groups excluding carboxylic acids is 2. The van der Waals surface area contributed by atoms with Gasteiger partial charge in [0.1, 0.15) is 0 Å². The van der Waals surface area contributed by atoms with Crippen molar-refractivity contribution in [3.05, 3.63) is 0 Å². The van der Waals surface area contributed by atoms with E-state index in [-0.39, 0.29) is 13.0 Å². The lowest BCUT2D eigenvalue weighted by atomic mass is 10.00. The van der Waals surface area contributed by atoms with Crippen molar-refractivity contribution >= 4 is 19.6 Å². The molecule has 10 heavy (non-hydrogen) atoms. The van der Waals surface area contributed by atoms with Crippen LogP contribution in [0.4, 0.5) is 4.79 Å². The number of carbonyl (C=O) groups is 2. The number of amides is 1. The Labute approximate surface area is 60.3 Å². The number of alkyl carbamates (subject to hydrolysis) is 1. The minimum atomic E-state index is -0.554. The van der Waals surface area contributed by atoms with Crippen LogP contribution in [-0.4, -0.2) is 33.3 Å². The summed E-state index contributed by atoms with van der Waals surface area (Å²) < 4.78 is 4.23. The highest BCUT2D eigenvalue weighted by Crippen LogP contribution is 1.76. The second kappa shape index (κ2) is 4.84. The van der Waals surface area contributed by atoms with E-state index in [1.807, 2.05) is 0 Å². The van der Waals surface area contributed by atoms with Crippen molar-refractivity contribution in [2.24, 2.45) is 0 Å². The van der Waals surface area contributed by atoms with E-state index < -0.39 is 11.8 Å². The molecule has 0 aromatic heterocycles. The summed E-state index contributed by atoms with van der Waals surface area (Å²) in [5.41, 5.74) is -0.448. The quantitative estimate of drug-likeness (QED) is 0.535. The van der Waals surface area contributed by atoms with Crippen molar-refractivity contribution in [2.45, 2.75) is 6.42 Å². The van der Waals surface area contributed by atoms with E-state index in [0.29, 0.717) is 0 Å². The monoisotopic (exact) mass is 141 g/mol. The van der Waals surface area contributed by atoms with Gasteiger partial charge in [-0.3, -0.25) is 0 Å². The number of ether oxygens (including phenoxy) is 1. The van der Waals surface area contributed by atoms with Crippen LogP contribution >= 0.6 is 0 Å². The maximum atomic E-state index is 10.3. The number of methoxy groups -OCH3 is 1. The summed E-state index contributed by atoms with van der Waals surface area (Å²) in [5.74, 6) is 0. The first-order valence-electron chi connectivity index (χ1n) is 2.77. The molecular weight excluding hydrogens is 133 g/mol. The van der Waals surface area contributed by atoms with Crippen LogP contribution in [-0.2, 0) is 9.53 Å². The Bertz CT molecular complexity index is 137. The lowest BCUT2D eigenvalue weighted by molar-refractivity contribution is -0.111. The van der Waals surface area contributed by atoms with E-state index in [1.54, 1.807) is 0 Å². The lowest BCUT2D eigenvalue weighted by Crippen LogP contribution is -2.25. The molecule has 0 rings (SSSR count). The average Bonchev–Trinajstić information content (AvgIpc) is 1.87. The predicted octanol–water partition coefficient (Wildman–Crippen LogP) is -0.572. The smallest absolute Gasteiger partial charge is 0.406 e. The molecule has 0 bridgehead atoms. The molecule has 1 amide bonds. The average molecular weight is 141 g/mol. The molecule has 1 N–H and O–H groups in total. The van der Waals surface area contributed by atoms with Crippen LogP contribution in [0.5, 0.6) is 0 Å². The zero-order chi connectivity index (χ0) is 7.98. The molecule has 54 valence electrons. The molecule has 0 aliphatic carbocycles. The van der Waals surface area contributed by atoms with Gasteiger partial charge in [0, 0.05) is 13.0 Å². The van der Waals surface area contributed by atoms with Crippen LogP contribution < -0.4 is 5.32 Å². The van der Waals surface area contributed by atoms with E-state index in [4.69, 9.17) is 7.85 Å². The minimum absolute atomic E-state index is 0.134. The Balaban J connectivity index is 3.20. The van der Waals surface area contributed by atoms with Gasteiger partial charge in [0.25, 0.3) is 0 Å². The molecule has 0 aliphatic heterocycles. The van der Waals surface area contributed by atoms with Gasteiger partial charge in [-0.1, -0.05) is 0 Å². The van der Waals surface area contributed by atoms with Gasteiger partial charge >= 0.3 is 6.09 Å². The molecule has 0 heterocycles. The highest BCUT2D eigenvalue weighted by Gasteiger charge is 1.97. The topological polar surface area (TPSA) is 55.4 Å². The van der Waals surface area contributed by atoms with E-state index in [0.717, 1.165) is 0 Å². The second-order valence-electron chi connectivity index (χ2n) is 1.63. The van der Waals surface area contributed by atoms with E-state index in [1.165, 1.54) is 7.11 Å². The Hall–Kier alpha value is -0.995. The standard InChI is InChI=1S/C5H8BNO3/c1-10-5(9)7-3-2-4(6)8/h2-3H2,1H3,(H,7,9). The van der Waals surface area contributed by atoms with Gasteiger partial charge in [0.05, 0.1) is 12.8 Å². The van der Waals surface area contributed by atoms with Crippen LogP contribution in [0.15, 0.2) is 0 Å². The largest absolute Gasteiger partial charge is 0.453 e. The fraction of sp³-hybridized carbons (Fsp3) is 0.600. The van der Waals surface area contributed by atoms with Gasteiger partial charge < -0.3 is 14.8 Å². The maximum Gasteiger partial charge on any atom is 0.406 e. The molecular formula is C5H8BNO3. The Kier molecular flexibility index (Phi) is 4.36. The molecule has 0 spiro atoms. The predicted molar refractivity (Wildman–Crippen MR) is 35.8 cm³/mol. The normalized spacial score (nSPS) is 8.50. The Morgan fingerprint density at radius 3 is 2.60 bits per heavy atom. The molecule has 0 saturated carbocycles. The molecule has 5 heteroatoms. The zero-order valence-electron chi connectivity index (χ0n) is 5.72. The fourth-order valence-electron chi connectivity index (χ4n) is 0.360. The van der Waals surface area contributed by atoms with Gasteiger partial charge in [-0.25, -0.2) is 4.79 Å². The summed E-state index contributed by atoms with van der Waals surface area (Å²) in [6.45, 7) is 0.224. The highest BCUT2D eigenvalue weighted by atomic mass is 16.5. The summed E-state index contributed by atoms with van der Waals surface area (Å²) in [5, 5.41) is 2.30. The van der Waals surface area contributed by atoms with Crippen molar-refractivity contribution in [2.75, 3.05) is 13.7 Å². The molecule has 4 nitrogen and oxygen atoms in total. The molecule has 2 radical (unpaired) electrons. The molecule has 0 unspecified atom stereocenters. The number of rotatable bonds is 3. The van der Waals surface area contributed by atoms with E-state index in [2.05, 4.69) is 10.1 Å².